The van der Waals surface area contributed by atoms with Crippen molar-refractivity contribution in [2.75, 3.05) is 13.1 Å². The lowest BCUT2D eigenvalue weighted by Gasteiger charge is -2.49. The number of benzene rings is 1. The van der Waals surface area contributed by atoms with E-state index in [9.17, 15) is 0 Å². The second kappa shape index (κ2) is 5.64. The fraction of sp³-hybridized carbons (Fsp3) is 0.647. The first-order valence-electron chi connectivity index (χ1n) is 7.80. The Morgan fingerprint density at radius 3 is 2.63 bits per heavy atom. The molecule has 2 nitrogen and oxygen atoms in total. The van der Waals surface area contributed by atoms with Crippen LogP contribution in [0.25, 0.3) is 0 Å². The fourth-order valence-corrected chi connectivity index (χ4v) is 3.69. The van der Waals surface area contributed by atoms with Gasteiger partial charge in [0.1, 0.15) is 0 Å². The molecule has 0 bridgehead atoms. The standard InChI is InChI=1S/C17H26N2/c1-15-12-18-17(10-6-3-7-11-17)14-19(15)13-16-8-4-2-5-9-16/h2,4-5,8-9,15,18H,3,6-7,10-14H2,1H3. The van der Waals surface area contributed by atoms with Gasteiger partial charge >= 0.3 is 0 Å². The summed E-state index contributed by atoms with van der Waals surface area (Å²) < 4.78 is 0. The van der Waals surface area contributed by atoms with Crippen LogP contribution in [0.5, 0.6) is 0 Å². The highest BCUT2D eigenvalue weighted by molar-refractivity contribution is 5.15. The van der Waals surface area contributed by atoms with Crippen LogP contribution in [0.1, 0.15) is 44.6 Å². The lowest BCUT2D eigenvalue weighted by Crippen LogP contribution is -2.63. The smallest absolute Gasteiger partial charge is 0.0309 e. The van der Waals surface area contributed by atoms with Gasteiger partial charge in [0.05, 0.1) is 0 Å². The largest absolute Gasteiger partial charge is 0.308 e. The van der Waals surface area contributed by atoms with Gasteiger partial charge in [-0.2, -0.15) is 0 Å². The van der Waals surface area contributed by atoms with Gasteiger partial charge in [-0.05, 0) is 25.3 Å². The van der Waals surface area contributed by atoms with E-state index in [1.54, 1.807) is 0 Å². The molecule has 0 aromatic heterocycles. The van der Waals surface area contributed by atoms with Crippen molar-refractivity contribution in [3.63, 3.8) is 0 Å². The molecule has 1 atom stereocenters. The van der Waals surface area contributed by atoms with Crippen molar-refractivity contribution in [1.29, 1.82) is 0 Å². The van der Waals surface area contributed by atoms with E-state index >= 15 is 0 Å². The van der Waals surface area contributed by atoms with E-state index in [0.29, 0.717) is 11.6 Å². The molecule has 1 aromatic rings. The molecule has 0 radical (unpaired) electrons. The average Bonchev–Trinajstić information content (AvgIpc) is 2.45. The van der Waals surface area contributed by atoms with Gasteiger partial charge < -0.3 is 5.32 Å². The molecule has 1 unspecified atom stereocenters. The highest BCUT2D eigenvalue weighted by Crippen LogP contribution is 2.32. The molecule has 1 heterocycles. The van der Waals surface area contributed by atoms with E-state index < -0.39 is 0 Å². The number of hydrogen-bond acceptors (Lipinski definition) is 2. The van der Waals surface area contributed by atoms with E-state index in [4.69, 9.17) is 0 Å². The summed E-state index contributed by atoms with van der Waals surface area (Å²) in [7, 11) is 0. The highest BCUT2D eigenvalue weighted by Gasteiger charge is 2.38. The van der Waals surface area contributed by atoms with Crippen LogP contribution in [-0.2, 0) is 6.54 Å². The Kier molecular flexibility index (Phi) is 3.90. The van der Waals surface area contributed by atoms with Gasteiger partial charge in [-0.1, -0.05) is 49.6 Å². The van der Waals surface area contributed by atoms with Gasteiger partial charge in [-0.3, -0.25) is 4.90 Å². The second-order valence-electron chi connectivity index (χ2n) is 6.46. The molecule has 19 heavy (non-hydrogen) atoms. The van der Waals surface area contributed by atoms with Crippen LogP contribution < -0.4 is 5.32 Å². The van der Waals surface area contributed by atoms with Gasteiger partial charge in [0.15, 0.2) is 0 Å². The molecule has 1 N–H and O–H groups in total. The summed E-state index contributed by atoms with van der Waals surface area (Å²) in [5.74, 6) is 0. The molecule has 1 aromatic carbocycles. The SMILES string of the molecule is CC1CNC2(CCCCC2)CN1Cc1ccccc1. The van der Waals surface area contributed by atoms with Crippen LogP contribution in [-0.4, -0.2) is 29.6 Å². The maximum atomic E-state index is 3.86. The zero-order valence-electron chi connectivity index (χ0n) is 12.1. The summed E-state index contributed by atoms with van der Waals surface area (Å²) in [5.41, 5.74) is 1.86. The predicted octanol–water partition coefficient (Wildman–Crippen LogP) is 3.18. The van der Waals surface area contributed by atoms with Crippen molar-refractivity contribution in [3.8, 4) is 0 Å². The summed E-state index contributed by atoms with van der Waals surface area (Å²) in [5, 5.41) is 3.86. The Morgan fingerprint density at radius 2 is 1.89 bits per heavy atom. The van der Waals surface area contributed by atoms with Crippen molar-refractivity contribution in [2.24, 2.45) is 0 Å². The summed E-state index contributed by atoms with van der Waals surface area (Å²) in [6, 6.07) is 11.6. The molecule has 104 valence electrons. The molecular weight excluding hydrogens is 232 g/mol. The number of rotatable bonds is 2. The Labute approximate surface area is 117 Å². The molecule has 1 aliphatic heterocycles. The molecule has 2 aliphatic rings. The van der Waals surface area contributed by atoms with Crippen LogP contribution in [0, 0.1) is 0 Å². The van der Waals surface area contributed by atoms with Gasteiger partial charge in [0, 0.05) is 31.2 Å². The van der Waals surface area contributed by atoms with Crippen LogP contribution in [0.2, 0.25) is 0 Å². The highest BCUT2D eigenvalue weighted by atomic mass is 15.2. The molecule has 1 spiro atoms. The van der Waals surface area contributed by atoms with Crippen molar-refractivity contribution < 1.29 is 0 Å². The molecule has 2 heteroatoms. The van der Waals surface area contributed by atoms with E-state index in [1.807, 2.05) is 0 Å². The van der Waals surface area contributed by atoms with Crippen molar-refractivity contribution in [3.05, 3.63) is 35.9 Å². The van der Waals surface area contributed by atoms with Crippen LogP contribution >= 0.6 is 0 Å². The maximum absolute atomic E-state index is 3.86. The van der Waals surface area contributed by atoms with E-state index in [1.165, 1.54) is 44.2 Å². The van der Waals surface area contributed by atoms with Gasteiger partial charge in [-0.25, -0.2) is 0 Å². The maximum Gasteiger partial charge on any atom is 0.0309 e. The predicted molar refractivity (Wildman–Crippen MR) is 80.1 cm³/mol. The van der Waals surface area contributed by atoms with Crippen molar-refractivity contribution >= 4 is 0 Å². The summed E-state index contributed by atoms with van der Waals surface area (Å²) in [6.07, 6.45) is 6.97. The summed E-state index contributed by atoms with van der Waals surface area (Å²) in [4.78, 5) is 2.68. The van der Waals surface area contributed by atoms with Gasteiger partial charge in [-0.15, -0.1) is 0 Å². The molecular formula is C17H26N2. The molecule has 3 rings (SSSR count). The fourth-order valence-electron chi connectivity index (χ4n) is 3.69. The molecule has 0 amide bonds. The first-order valence-corrected chi connectivity index (χ1v) is 7.80. The third kappa shape index (κ3) is 3.01. The number of nitrogens with zero attached hydrogens (tertiary/aromatic N) is 1. The third-order valence-corrected chi connectivity index (χ3v) is 4.94. The zero-order chi connectivity index (χ0) is 13.1. The Morgan fingerprint density at radius 1 is 1.16 bits per heavy atom. The van der Waals surface area contributed by atoms with Crippen LogP contribution in [0.4, 0.5) is 0 Å². The van der Waals surface area contributed by atoms with Crippen LogP contribution in [0.3, 0.4) is 0 Å². The third-order valence-electron chi connectivity index (χ3n) is 4.94. The number of nitrogens with one attached hydrogen (secondary N) is 1. The van der Waals surface area contributed by atoms with Gasteiger partial charge in [0.2, 0.25) is 0 Å². The minimum absolute atomic E-state index is 0.416. The normalized spacial score (nSPS) is 27.5. The first-order chi connectivity index (χ1) is 9.27. The van der Waals surface area contributed by atoms with Crippen LogP contribution in [0.15, 0.2) is 30.3 Å². The lowest BCUT2D eigenvalue weighted by atomic mass is 9.79. The molecule has 1 saturated carbocycles. The van der Waals surface area contributed by atoms with E-state index in [-0.39, 0.29) is 0 Å². The molecule has 1 saturated heterocycles. The summed E-state index contributed by atoms with van der Waals surface area (Å²) >= 11 is 0. The topological polar surface area (TPSA) is 15.3 Å². The number of hydrogen-bond donors (Lipinski definition) is 1. The second-order valence-corrected chi connectivity index (χ2v) is 6.46. The minimum atomic E-state index is 0.416. The molecule has 1 aliphatic carbocycles. The van der Waals surface area contributed by atoms with Crippen molar-refractivity contribution in [1.82, 2.24) is 10.2 Å². The lowest BCUT2D eigenvalue weighted by molar-refractivity contribution is 0.0573. The molecule has 2 fully saturated rings. The van der Waals surface area contributed by atoms with E-state index in [2.05, 4.69) is 47.5 Å². The minimum Gasteiger partial charge on any atom is -0.308 e. The summed E-state index contributed by atoms with van der Waals surface area (Å²) in [6.45, 7) is 5.83. The first kappa shape index (κ1) is 13.1. The van der Waals surface area contributed by atoms with Crippen molar-refractivity contribution in [2.45, 2.75) is 57.2 Å². The van der Waals surface area contributed by atoms with Gasteiger partial charge in [0.25, 0.3) is 0 Å². The number of piperazine rings is 1. The average molecular weight is 258 g/mol. The Hall–Kier alpha value is -0.860. The monoisotopic (exact) mass is 258 g/mol. The Balaban J connectivity index is 1.69. The quantitative estimate of drug-likeness (QED) is 0.876. The zero-order valence-corrected chi connectivity index (χ0v) is 12.1. The Bertz CT molecular complexity index is 395. The van der Waals surface area contributed by atoms with E-state index in [0.717, 1.165) is 13.1 Å².